The van der Waals surface area contributed by atoms with Crippen molar-refractivity contribution in [3.63, 3.8) is 0 Å². The molecule has 0 saturated heterocycles. The number of carbonyl (C=O) groups is 1. The number of para-hydroxylation sites is 1. The first-order valence-electron chi connectivity index (χ1n) is 4.99. The van der Waals surface area contributed by atoms with Gasteiger partial charge in [-0.3, -0.25) is 4.79 Å². The second-order valence-electron chi connectivity index (χ2n) is 3.49. The first-order chi connectivity index (χ1) is 8.18. The van der Waals surface area contributed by atoms with Gasteiger partial charge in [-0.25, -0.2) is 0 Å². The van der Waals surface area contributed by atoms with Crippen molar-refractivity contribution in [2.24, 2.45) is 5.73 Å². The zero-order valence-corrected chi connectivity index (χ0v) is 8.89. The SMILES string of the molecule is N[C@H](Cc1nnnn1-c1ccccc1)C(=O)O. The maximum Gasteiger partial charge on any atom is 0.320 e. The minimum absolute atomic E-state index is 0.0806. The molecule has 0 aliphatic rings. The van der Waals surface area contributed by atoms with Crippen molar-refractivity contribution in [2.75, 3.05) is 0 Å². The third-order valence-electron chi connectivity index (χ3n) is 2.25. The zero-order chi connectivity index (χ0) is 12.3. The van der Waals surface area contributed by atoms with E-state index in [0.717, 1.165) is 5.69 Å². The molecule has 7 nitrogen and oxygen atoms in total. The van der Waals surface area contributed by atoms with Crippen molar-refractivity contribution in [1.29, 1.82) is 0 Å². The van der Waals surface area contributed by atoms with Crippen molar-refractivity contribution < 1.29 is 9.90 Å². The number of hydrogen-bond donors (Lipinski definition) is 2. The molecular weight excluding hydrogens is 222 g/mol. The van der Waals surface area contributed by atoms with Gasteiger partial charge in [-0.15, -0.1) is 5.10 Å². The molecule has 3 N–H and O–H groups in total. The highest BCUT2D eigenvalue weighted by atomic mass is 16.4. The lowest BCUT2D eigenvalue weighted by atomic mass is 10.2. The average molecular weight is 233 g/mol. The van der Waals surface area contributed by atoms with Crippen LogP contribution in [0.4, 0.5) is 0 Å². The standard InChI is InChI=1S/C10H11N5O2/c11-8(10(16)17)6-9-12-13-14-15(9)7-4-2-1-3-5-7/h1-5,8H,6,11H2,(H,16,17)/t8-/m1/s1. The van der Waals surface area contributed by atoms with E-state index in [0.29, 0.717) is 5.82 Å². The minimum Gasteiger partial charge on any atom is -0.480 e. The summed E-state index contributed by atoms with van der Waals surface area (Å²) in [4.78, 5) is 10.7. The maximum atomic E-state index is 10.7. The predicted molar refractivity (Wildman–Crippen MR) is 58.5 cm³/mol. The summed E-state index contributed by atoms with van der Waals surface area (Å²) in [7, 11) is 0. The number of aromatic nitrogens is 4. The van der Waals surface area contributed by atoms with E-state index in [9.17, 15) is 4.79 Å². The fraction of sp³-hybridized carbons (Fsp3) is 0.200. The van der Waals surface area contributed by atoms with Crippen molar-refractivity contribution in [2.45, 2.75) is 12.5 Å². The molecule has 0 aliphatic heterocycles. The van der Waals surface area contributed by atoms with E-state index in [4.69, 9.17) is 10.8 Å². The number of carboxylic acids is 1. The van der Waals surface area contributed by atoms with Crippen LogP contribution in [0.5, 0.6) is 0 Å². The van der Waals surface area contributed by atoms with Crippen molar-refractivity contribution >= 4 is 5.97 Å². The number of benzene rings is 1. The van der Waals surface area contributed by atoms with Gasteiger partial charge in [0, 0.05) is 6.42 Å². The lowest BCUT2D eigenvalue weighted by Gasteiger charge is -2.06. The summed E-state index contributed by atoms with van der Waals surface area (Å²) in [6.07, 6.45) is 0.0806. The van der Waals surface area contributed by atoms with E-state index in [1.54, 1.807) is 0 Å². The molecule has 0 unspecified atom stereocenters. The van der Waals surface area contributed by atoms with E-state index in [1.807, 2.05) is 30.3 Å². The summed E-state index contributed by atoms with van der Waals surface area (Å²) in [5.41, 5.74) is 6.21. The van der Waals surface area contributed by atoms with E-state index < -0.39 is 12.0 Å². The molecule has 1 aromatic heterocycles. The van der Waals surface area contributed by atoms with Crippen LogP contribution >= 0.6 is 0 Å². The van der Waals surface area contributed by atoms with Gasteiger partial charge < -0.3 is 10.8 Å². The molecule has 0 fully saturated rings. The smallest absolute Gasteiger partial charge is 0.320 e. The number of tetrazole rings is 1. The average Bonchev–Trinajstić information content (AvgIpc) is 2.78. The second-order valence-corrected chi connectivity index (χ2v) is 3.49. The van der Waals surface area contributed by atoms with Gasteiger partial charge in [0.25, 0.3) is 0 Å². The normalized spacial score (nSPS) is 12.3. The van der Waals surface area contributed by atoms with Crippen LogP contribution in [0.15, 0.2) is 30.3 Å². The summed E-state index contributed by atoms with van der Waals surface area (Å²) < 4.78 is 1.48. The van der Waals surface area contributed by atoms with Gasteiger partial charge >= 0.3 is 5.97 Å². The van der Waals surface area contributed by atoms with E-state index >= 15 is 0 Å². The Morgan fingerprint density at radius 2 is 2.12 bits per heavy atom. The number of rotatable bonds is 4. The topological polar surface area (TPSA) is 107 Å². The number of nitrogens with zero attached hydrogens (tertiary/aromatic N) is 4. The largest absolute Gasteiger partial charge is 0.480 e. The van der Waals surface area contributed by atoms with Crippen molar-refractivity contribution in [1.82, 2.24) is 20.2 Å². The highest BCUT2D eigenvalue weighted by Crippen LogP contribution is 2.08. The predicted octanol–water partition coefficient (Wildman–Crippen LogP) is -0.383. The molecule has 0 amide bonds. The number of hydrogen-bond acceptors (Lipinski definition) is 5. The Kier molecular flexibility index (Phi) is 3.10. The monoisotopic (exact) mass is 233 g/mol. The number of nitrogens with two attached hydrogens (primary N) is 1. The van der Waals surface area contributed by atoms with Gasteiger partial charge in [-0.2, -0.15) is 4.68 Å². The molecule has 0 saturated carbocycles. The highest BCUT2D eigenvalue weighted by Gasteiger charge is 2.17. The quantitative estimate of drug-likeness (QED) is 0.745. The summed E-state index contributed by atoms with van der Waals surface area (Å²) in [6.45, 7) is 0. The van der Waals surface area contributed by atoms with E-state index in [-0.39, 0.29) is 6.42 Å². The van der Waals surface area contributed by atoms with Gasteiger partial charge in [-0.05, 0) is 22.6 Å². The molecule has 17 heavy (non-hydrogen) atoms. The first-order valence-corrected chi connectivity index (χ1v) is 4.99. The second kappa shape index (κ2) is 4.71. The van der Waals surface area contributed by atoms with Crippen LogP contribution < -0.4 is 5.73 Å². The van der Waals surface area contributed by atoms with Gasteiger partial charge in [0.05, 0.1) is 5.69 Å². The Balaban J connectivity index is 2.26. The molecule has 7 heteroatoms. The third kappa shape index (κ3) is 2.45. The molecule has 0 bridgehead atoms. The lowest BCUT2D eigenvalue weighted by molar-refractivity contribution is -0.138. The Bertz CT molecular complexity index is 510. The number of aliphatic carboxylic acids is 1. The zero-order valence-electron chi connectivity index (χ0n) is 8.89. The van der Waals surface area contributed by atoms with Crippen molar-refractivity contribution in [3.8, 4) is 5.69 Å². The molecular formula is C10H11N5O2. The summed E-state index contributed by atoms with van der Waals surface area (Å²) in [5.74, 6) is -0.654. The van der Waals surface area contributed by atoms with Crippen LogP contribution in [0.2, 0.25) is 0 Å². The van der Waals surface area contributed by atoms with Crippen LogP contribution in [0.1, 0.15) is 5.82 Å². The summed E-state index contributed by atoms with van der Waals surface area (Å²) in [6, 6.07) is 8.20. The molecule has 88 valence electrons. The van der Waals surface area contributed by atoms with Gasteiger partial charge in [0.15, 0.2) is 5.82 Å². The van der Waals surface area contributed by atoms with Crippen molar-refractivity contribution in [3.05, 3.63) is 36.2 Å². The Morgan fingerprint density at radius 1 is 1.41 bits per heavy atom. The van der Waals surface area contributed by atoms with Crippen LogP contribution in [0.3, 0.4) is 0 Å². The molecule has 2 aromatic rings. The summed E-state index contributed by atoms with van der Waals surface area (Å²) >= 11 is 0. The van der Waals surface area contributed by atoms with E-state index in [2.05, 4.69) is 15.5 Å². The Morgan fingerprint density at radius 3 is 2.76 bits per heavy atom. The molecule has 1 atom stereocenters. The molecule has 1 heterocycles. The van der Waals surface area contributed by atoms with Crippen LogP contribution in [0.25, 0.3) is 5.69 Å². The molecule has 0 radical (unpaired) electrons. The maximum absolute atomic E-state index is 10.7. The lowest BCUT2D eigenvalue weighted by Crippen LogP contribution is -2.33. The van der Waals surface area contributed by atoms with Gasteiger partial charge in [-0.1, -0.05) is 18.2 Å². The minimum atomic E-state index is -1.08. The summed E-state index contributed by atoms with van der Waals surface area (Å²) in [5, 5.41) is 19.8. The Hall–Kier alpha value is -2.28. The van der Waals surface area contributed by atoms with E-state index in [1.165, 1.54) is 4.68 Å². The highest BCUT2D eigenvalue weighted by molar-refractivity contribution is 5.73. The fourth-order valence-electron chi connectivity index (χ4n) is 1.39. The molecule has 1 aromatic carbocycles. The van der Waals surface area contributed by atoms with Crippen LogP contribution in [-0.4, -0.2) is 37.3 Å². The molecule has 0 spiro atoms. The van der Waals surface area contributed by atoms with Gasteiger partial charge in [0.1, 0.15) is 6.04 Å². The first kappa shape index (κ1) is 11.2. The molecule has 2 rings (SSSR count). The van der Waals surface area contributed by atoms with Crippen LogP contribution in [-0.2, 0) is 11.2 Å². The van der Waals surface area contributed by atoms with Gasteiger partial charge in [0.2, 0.25) is 0 Å². The number of carboxylic acid groups (broad SMARTS) is 1. The fourth-order valence-corrected chi connectivity index (χ4v) is 1.39. The third-order valence-corrected chi connectivity index (χ3v) is 2.25. The Labute approximate surface area is 96.9 Å². The molecule has 0 aliphatic carbocycles. The van der Waals surface area contributed by atoms with Crippen LogP contribution in [0, 0.1) is 0 Å².